The summed E-state index contributed by atoms with van der Waals surface area (Å²) in [4.78, 5) is 13.4. The Bertz CT molecular complexity index is 500. The fourth-order valence-electron chi connectivity index (χ4n) is 1.98. The fourth-order valence-corrected chi connectivity index (χ4v) is 1.98. The number of ether oxygens (including phenoxy) is 1. The third kappa shape index (κ3) is 5.23. The topological polar surface area (TPSA) is 61.8 Å². The second-order valence-corrected chi connectivity index (χ2v) is 5.73. The lowest BCUT2D eigenvalue weighted by molar-refractivity contribution is 0.0528. The maximum absolute atomic E-state index is 13.4. The quantitative estimate of drug-likeness (QED) is 0.877. The van der Waals surface area contributed by atoms with Gasteiger partial charge in [-0.15, -0.1) is 0 Å². The number of amides is 2. The zero-order valence-corrected chi connectivity index (χ0v) is 13.1. The number of hydrogen-bond acceptors (Lipinski definition) is 3. The third-order valence-corrected chi connectivity index (χ3v) is 2.99. The van der Waals surface area contributed by atoms with Crippen LogP contribution in [0.5, 0.6) is 5.75 Å². The van der Waals surface area contributed by atoms with Crippen molar-refractivity contribution in [2.24, 2.45) is 0 Å². The smallest absolute Gasteiger partial charge is 0.317 e. The Kier molecular flexibility index (Phi) is 5.54. The molecule has 0 saturated carbocycles. The summed E-state index contributed by atoms with van der Waals surface area (Å²) in [7, 11) is 2.99. The maximum Gasteiger partial charge on any atom is 0.317 e. The van der Waals surface area contributed by atoms with Gasteiger partial charge in [0.15, 0.2) is 11.6 Å². The van der Waals surface area contributed by atoms with Crippen LogP contribution in [-0.2, 0) is 0 Å². The number of benzene rings is 1. The first-order valence-electron chi connectivity index (χ1n) is 6.71. The van der Waals surface area contributed by atoms with Gasteiger partial charge in [0, 0.05) is 7.05 Å². The van der Waals surface area contributed by atoms with Crippen LogP contribution in [0.4, 0.5) is 9.18 Å². The molecule has 0 spiro atoms. The standard InChI is InChI=1S/C15H23FN2O3/c1-10(11-6-7-12(16)13(8-11)21-5)17-14(19)18(4)9-15(2,3)20/h6-8,10,20H,9H2,1-5H3,(H,17,19). The fraction of sp³-hybridized carbons (Fsp3) is 0.533. The molecule has 1 unspecified atom stereocenters. The lowest BCUT2D eigenvalue weighted by Crippen LogP contribution is -2.45. The average molecular weight is 298 g/mol. The van der Waals surface area contributed by atoms with Crippen molar-refractivity contribution in [2.45, 2.75) is 32.4 Å². The van der Waals surface area contributed by atoms with Crippen LogP contribution < -0.4 is 10.1 Å². The van der Waals surface area contributed by atoms with E-state index in [4.69, 9.17) is 4.74 Å². The second-order valence-electron chi connectivity index (χ2n) is 5.73. The lowest BCUT2D eigenvalue weighted by Gasteiger charge is -2.27. The van der Waals surface area contributed by atoms with E-state index in [0.29, 0.717) is 0 Å². The predicted molar refractivity (Wildman–Crippen MR) is 78.8 cm³/mol. The van der Waals surface area contributed by atoms with Crippen molar-refractivity contribution in [2.75, 3.05) is 20.7 Å². The molecule has 0 saturated heterocycles. The first kappa shape index (κ1) is 17.2. The molecule has 118 valence electrons. The molecule has 1 aromatic rings. The Hall–Kier alpha value is -1.82. The first-order chi connectivity index (χ1) is 9.64. The first-order valence-corrected chi connectivity index (χ1v) is 6.71. The van der Waals surface area contributed by atoms with Crippen LogP contribution in [0.3, 0.4) is 0 Å². The Morgan fingerprint density at radius 2 is 2.14 bits per heavy atom. The number of urea groups is 1. The van der Waals surface area contributed by atoms with Crippen molar-refractivity contribution >= 4 is 6.03 Å². The van der Waals surface area contributed by atoms with Crippen LogP contribution in [-0.4, -0.2) is 42.3 Å². The number of carbonyl (C=O) groups excluding carboxylic acids is 1. The van der Waals surface area contributed by atoms with Gasteiger partial charge in [-0.05, 0) is 38.5 Å². The van der Waals surface area contributed by atoms with Gasteiger partial charge in [-0.25, -0.2) is 9.18 Å². The largest absolute Gasteiger partial charge is 0.494 e. The predicted octanol–water partition coefficient (Wildman–Crippen LogP) is 2.31. The molecule has 6 heteroatoms. The van der Waals surface area contributed by atoms with E-state index in [1.54, 1.807) is 40.0 Å². The minimum Gasteiger partial charge on any atom is -0.494 e. The van der Waals surface area contributed by atoms with Crippen LogP contribution in [0, 0.1) is 5.82 Å². The molecule has 2 amide bonds. The van der Waals surface area contributed by atoms with E-state index in [-0.39, 0.29) is 24.4 Å². The summed E-state index contributed by atoms with van der Waals surface area (Å²) < 4.78 is 18.3. The molecule has 1 aromatic carbocycles. The second kappa shape index (κ2) is 6.76. The number of nitrogens with zero attached hydrogens (tertiary/aromatic N) is 1. The van der Waals surface area contributed by atoms with E-state index in [9.17, 15) is 14.3 Å². The molecular formula is C15H23FN2O3. The summed E-state index contributed by atoms with van der Waals surface area (Å²) in [5.74, 6) is -0.308. The molecule has 0 heterocycles. The van der Waals surface area contributed by atoms with Gasteiger partial charge >= 0.3 is 6.03 Å². The molecule has 1 rings (SSSR count). The van der Waals surface area contributed by atoms with Gasteiger partial charge in [0.2, 0.25) is 0 Å². The highest BCUT2D eigenvalue weighted by molar-refractivity contribution is 5.74. The number of hydrogen-bond donors (Lipinski definition) is 2. The monoisotopic (exact) mass is 298 g/mol. The molecule has 5 nitrogen and oxygen atoms in total. The zero-order chi connectivity index (χ0) is 16.2. The van der Waals surface area contributed by atoms with Crippen molar-refractivity contribution in [3.8, 4) is 5.75 Å². The van der Waals surface area contributed by atoms with Gasteiger partial charge < -0.3 is 20.1 Å². The summed E-state index contributed by atoms with van der Waals surface area (Å²) in [5, 5.41) is 12.5. The molecule has 0 aliphatic rings. The summed E-state index contributed by atoms with van der Waals surface area (Å²) in [6.45, 7) is 5.26. The summed E-state index contributed by atoms with van der Waals surface area (Å²) in [6.07, 6.45) is 0. The van der Waals surface area contributed by atoms with E-state index < -0.39 is 11.4 Å². The van der Waals surface area contributed by atoms with E-state index in [1.165, 1.54) is 18.1 Å². The number of halogens is 1. The highest BCUT2D eigenvalue weighted by Gasteiger charge is 2.21. The van der Waals surface area contributed by atoms with E-state index in [1.807, 2.05) is 0 Å². The van der Waals surface area contributed by atoms with Gasteiger partial charge in [-0.1, -0.05) is 6.07 Å². The molecule has 0 bridgehead atoms. The Morgan fingerprint density at radius 1 is 1.52 bits per heavy atom. The van der Waals surface area contributed by atoms with Crippen molar-refractivity contribution in [3.63, 3.8) is 0 Å². The van der Waals surface area contributed by atoms with Crippen LogP contribution in [0.2, 0.25) is 0 Å². The van der Waals surface area contributed by atoms with Gasteiger partial charge in [0.1, 0.15) is 0 Å². The van der Waals surface area contributed by atoms with E-state index >= 15 is 0 Å². The van der Waals surface area contributed by atoms with Crippen molar-refractivity contribution < 1.29 is 19.0 Å². The number of rotatable bonds is 5. The maximum atomic E-state index is 13.4. The van der Waals surface area contributed by atoms with Crippen molar-refractivity contribution in [1.82, 2.24) is 10.2 Å². The van der Waals surface area contributed by atoms with Crippen LogP contribution in [0.1, 0.15) is 32.4 Å². The van der Waals surface area contributed by atoms with Crippen LogP contribution in [0.25, 0.3) is 0 Å². The molecule has 2 N–H and O–H groups in total. The number of nitrogens with one attached hydrogen (secondary N) is 1. The summed E-state index contributed by atoms with van der Waals surface area (Å²) >= 11 is 0. The minimum absolute atomic E-state index is 0.137. The molecule has 21 heavy (non-hydrogen) atoms. The highest BCUT2D eigenvalue weighted by atomic mass is 19.1. The number of likely N-dealkylation sites (N-methyl/N-ethyl adjacent to an activating group) is 1. The number of carbonyl (C=O) groups is 1. The highest BCUT2D eigenvalue weighted by Crippen LogP contribution is 2.22. The van der Waals surface area contributed by atoms with E-state index in [0.717, 1.165) is 5.56 Å². The number of methoxy groups -OCH3 is 1. The van der Waals surface area contributed by atoms with Gasteiger partial charge in [-0.3, -0.25) is 0 Å². The average Bonchev–Trinajstić information content (AvgIpc) is 2.37. The Balaban J connectivity index is 2.72. The summed E-state index contributed by atoms with van der Waals surface area (Å²) in [6, 6.07) is 3.83. The molecule has 0 aliphatic carbocycles. The molecular weight excluding hydrogens is 275 g/mol. The normalized spacial score (nSPS) is 12.7. The SMILES string of the molecule is COc1cc(C(C)NC(=O)N(C)CC(C)(C)O)ccc1F. The van der Waals surface area contributed by atoms with Crippen molar-refractivity contribution in [3.05, 3.63) is 29.6 Å². The van der Waals surface area contributed by atoms with E-state index in [2.05, 4.69) is 5.32 Å². The van der Waals surface area contributed by atoms with Crippen LogP contribution >= 0.6 is 0 Å². The molecule has 1 atom stereocenters. The molecule has 0 fully saturated rings. The Morgan fingerprint density at radius 3 is 2.67 bits per heavy atom. The minimum atomic E-state index is -0.964. The van der Waals surface area contributed by atoms with Gasteiger partial charge in [-0.2, -0.15) is 0 Å². The number of aliphatic hydroxyl groups is 1. The molecule has 0 aromatic heterocycles. The third-order valence-electron chi connectivity index (χ3n) is 2.99. The molecule has 0 aliphatic heterocycles. The Labute approximate surface area is 124 Å². The zero-order valence-electron chi connectivity index (χ0n) is 13.1. The molecule has 0 radical (unpaired) electrons. The van der Waals surface area contributed by atoms with Crippen LogP contribution in [0.15, 0.2) is 18.2 Å². The van der Waals surface area contributed by atoms with Gasteiger partial charge in [0.25, 0.3) is 0 Å². The van der Waals surface area contributed by atoms with Gasteiger partial charge in [0.05, 0.1) is 25.3 Å². The summed E-state index contributed by atoms with van der Waals surface area (Å²) in [5.41, 5.74) is -0.229. The lowest BCUT2D eigenvalue weighted by atomic mass is 10.1. The van der Waals surface area contributed by atoms with Crippen molar-refractivity contribution in [1.29, 1.82) is 0 Å².